The highest BCUT2D eigenvalue weighted by Crippen LogP contribution is 2.33. The average molecular weight is 312 g/mol. The van der Waals surface area contributed by atoms with E-state index in [4.69, 9.17) is 9.47 Å². The van der Waals surface area contributed by atoms with E-state index >= 15 is 0 Å². The molecule has 94 valence electrons. The van der Waals surface area contributed by atoms with Crippen molar-refractivity contribution >= 4 is 15.9 Å². The Bertz CT molecular complexity index is 548. The minimum atomic E-state index is -0.333. The highest BCUT2D eigenvalue weighted by atomic mass is 79.9. The van der Waals surface area contributed by atoms with Gasteiger partial charge in [-0.15, -0.1) is 0 Å². The minimum Gasteiger partial charge on any atom is -0.488 e. The number of hydrogen-bond donors (Lipinski definition) is 0. The lowest BCUT2D eigenvalue weighted by Crippen LogP contribution is -1.97. The summed E-state index contributed by atoms with van der Waals surface area (Å²) >= 11 is 3.23. The summed E-state index contributed by atoms with van der Waals surface area (Å²) in [6, 6.07) is 7.71. The molecule has 0 atom stereocenters. The summed E-state index contributed by atoms with van der Waals surface area (Å²) in [5.41, 5.74) is 0. The Morgan fingerprint density at radius 1 is 1.28 bits per heavy atom. The van der Waals surface area contributed by atoms with Gasteiger partial charge in [0.2, 0.25) is 0 Å². The van der Waals surface area contributed by atoms with Gasteiger partial charge in [0.05, 0.1) is 11.1 Å². The standard InChI is InChI=1S/C13H11BrFNO2/c1-2-17-12-4-3-7-16-13(12)18-11-6-5-9(15)8-10(11)14/h3-8H,2H2,1H3. The van der Waals surface area contributed by atoms with E-state index in [1.807, 2.05) is 6.92 Å². The van der Waals surface area contributed by atoms with Gasteiger partial charge >= 0.3 is 0 Å². The molecule has 0 N–H and O–H groups in total. The Hall–Kier alpha value is -1.62. The Balaban J connectivity index is 2.28. The monoisotopic (exact) mass is 311 g/mol. The van der Waals surface area contributed by atoms with E-state index in [0.29, 0.717) is 28.5 Å². The van der Waals surface area contributed by atoms with Gasteiger partial charge in [0, 0.05) is 6.20 Å². The van der Waals surface area contributed by atoms with Crippen LogP contribution in [0.25, 0.3) is 0 Å². The van der Waals surface area contributed by atoms with Crippen molar-refractivity contribution in [3.8, 4) is 17.4 Å². The van der Waals surface area contributed by atoms with E-state index in [-0.39, 0.29) is 5.82 Å². The van der Waals surface area contributed by atoms with Gasteiger partial charge in [0.25, 0.3) is 5.88 Å². The zero-order valence-corrected chi connectivity index (χ0v) is 11.3. The van der Waals surface area contributed by atoms with Crippen LogP contribution in [0.4, 0.5) is 4.39 Å². The fourth-order valence-electron chi connectivity index (χ4n) is 1.38. The molecule has 3 nitrogen and oxygen atoms in total. The van der Waals surface area contributed by atoms with Gasteiger partial charge in [0.15, 0.2) is 5.75 Å². The molecule has 0 aliphatic carbocycles. The Labute approximate surface area is 113 Å². The van der Waals surface area contributed by atoms with Gasteiger partial charge < -0.3 is 9.47 Å². The van der Waals surface area contributed by atoms with Gasteiger partial charge in [-0.25, -0.2) is 9.37 Å². The Kier molecular flexibility index (Phi) is 4.15. The first-order valence-corrected chi connectivity index (χ1v) is 6.20. The van der Waals surface area contributed by atoms with Gasteiger partial charge in [0.1, 0.15) is 11.6 Å². The zero-order valence-electron chi connectivity index (χ0n) is 9.69. The number of halogens is 2. The van der Waals surface area contributed by atoms with Gasteiger partial charge in [-0.2, -0.15) is 0 Å². The lowest BCUT2D eigenvalue weighted by Gasteiger charge is -2.10. The molecule has 2 aromatic rings. The summed E-state index contributed by atoms with van der Waals surface area (Å²) in [7, 11) is 0. The molecule has 0 radical (unpaired) electrons. The second-order valence-electron chi connectivity index (χ2n) is 3.42. The SMILES string of the molecule is CCOc1cccnc1Oc1ccc(F)cc1Br. The second-order valence-corrected chi connectivity index (χ2v) is 4.27. The lowest BCUT2D eigenvalue weighted by molar-refractivity contribution is 0.316. The molecule has 18 heavy (non-hydrogen) atoms. The van der Waals surface area contributed by atoms with Crippen LogP contribution in [-0.2, 0) is 0 Å². The number of ether oxygens (including phenoxy) is 2. The fraction of sp³-hybridized carbons (Fsp3) is 0.154. The van der Waals surface area contributed by atoms with Gasteiger partial charge in [-0.1, -0.05) is 0 Å². The first-order valence-electron chi connectivity index (χ1n) is 5.41. The van der Waals surface area contributed by atoms with Crippen molar-refractivity contribution in [3.05, 3.63) is 46.8 Å². The molecule has 2 rings (SSSR count). The molecule has 1 aromatic heterocycles. The van der Waals surface area contributed by atoms with Crippen LogP contribution in [0.2, 0.25) is 0 Å². The van der Waals surface area contributed by atoms with Crippen LogP contribution in [0.1, 0.15) is 6.92 Å². The van der Waals surface area contributed by atoms with Crippen molar-refractivity contribution in [1.29, 1.82) is 0 Å². The molecular formula is C13H11BrFNO2. The maximum Gasteiger partial charge on any atom is 0.262 e. The summed E-state index contributed by atoms with van der Waals surface area (Å²) in [4.78, 5) is 4.09. The molecule has 0 saturated carbocycles. The molecule has 5 heteroatoms. The smallest absolute Gasteiger partial charge is 0.262 e. The highest BCUT2D eigenvalue weighted by molar-refractivity contribution is 9.10. The van der Waals surface area contributed by atoms with Crippen LogP contribution in [0.15, 0.2) is 41.0 Å². The van der Waals surface area contributed by atoms with Crippen molar-refractivity contribution in [1.82, 2.24) is 4.98 Å². The van der Waals surface area contributed by atoms with E-state index in [0.717, 1.165) is 0 Å². The summed E-state index contributed by atoms with van der Waals surface area (Å²) in [6.45, 7) is 2.40. The molecule has 0 saturated heterocycles. The molecule has 0 aliphatic rings. The first kappa shape index (κ1) is 12.8. The molecule has 0 spiro atoms. The van der Waals surface area contributed by atoms with Gasteiger partial charge in [-0.05, 0) is 53.2 Å². The topological polar surface area (TPSA) is 31.4 Å². The summed E-state index contributed by atoms with van der Waals surface area (Å²) in [5, 5.41) is 0. The van der Waals surface area contributed by atoms with Crippen LogP contribution < -0.4 is 9.47 Å². The molecular weight excluding hydrogens is 301 g/mol. The maximum atomic E-state index is 13.0. The third-order valence-electron chi connectivity index (χ3n) is 2.14. The number of nitrogens with zero attached hydrogens (tertiary/aromatic N) is 1. The van der Waals surface area contributed by atoms with E-state index < -0.39 is 0 Å². The molecule has 1 aromatic carbocycles. The van der Waals surface area contributed by atoms with Crippen molar-refractivity contribution < 1.29 is 13.9 Å². The summed E-state index contributed by atoms with van der Waals surface area (Å²) < 4.78 is 24.5. The van der Waals surface area contributed by atoms with Crippen molar-refractivity contribution in [2.45, 2.75) is 6.92 Å². The van der Waals surface area contributed by atoms with Crippen molar-refractivity contribution in [3.63, 3.8) is 0 Å². The normalized spacial score (nSPS) is 10.2. The number of hydrogen-bond acceptors (Lipinski definition) is 3. The maximum absolute atomic E-state index is 13.0. The number of aromatic nitrogens is 1. The van der Waals surface area contributed by atoms with Crippen LogP contribution in [-0.4, -0.2) is 11.6 Å². The predicted molar refractivity (Wildman–Crippen MR) is 69.6 cm³/mol. The summed E-state index contributed by atoms with van der Waals surface area (Å²) in [6.07, 6.45) is 1.61. The lowest BCUT2D eigenvalue weighted by atomic mass is 10.3. The third-order valence-corrected chi connectivity index (χ3v) is 2.76. The highest BCUT2D eigenvalue weighted by Gasteiger charge is 2.09. The molecule has 0 aliphatic heterocycles. The average Bonchev–Trinajstić information content (AvgIpc) is 2.35. The van der Waals surface area contributed by atoms with Crippen molar-refractivity contribution in [2.24, 2.45) is 0 Å². The minimum absolute atomic E-state index is 0.333. The molecule has 0 fully saturated rings. The van der Waals surface area contributed by atoms with E-state index in [9.17, 15) is 4.39 Å². The van der Waals surface area contributed by atoms with Crippen LogP contribution in [0.3, 0.4) is 0 Å². The quantitative estimate of drug-likeness (QED) is 0.849. The number of benzene rings is 1. The molecule has 1 heterocycles. The second kappa shape index (κ2) is 5.82. The zero-order chi connectivity index (χ0) is 13.0. The largest absolute Gasteiger partial charge is 0.488 e. The number of rotatable bonds is 4. The number of pyridine rings is 1. The van der Waals surface area contributed by atoms with Crippen molar-refractivity contribution in [2.75, 3.05) is 6.61 Å². The fourth-order valence-corrected chi connectivity index (χ4v) is 1.81. The van der Waals surface area contributed by atoms with E-state index in [1.54, 1.807) is 18.3 Å². The van der Waals surface area contributed by atoms with Crippen LogP contribution in [0.5, 0.6) is 17.4 Å². The first-order chi connectivity index (χ1) is 8.70. The third kappa shape index (κ3) is 2.98. The van der Waals surface area contributed by atoms with Crippen LogP contribution >= 0.6 is 15.9 Å². The molecule has 0 unspecified atom stereocenters. The van der Waals surface area contributed by atoms with E-state index in [1.165, 1.54) is 18.2 Å². The molecule has 0 amide bonds. The van der Waals surface area contributed by atoms with E-state index in [2.05, 4.69) is 20.9 Å². The Morgan fingerprint density at radius 2 is 2.11 bits per heavy atom. The van der Waals surface area contributed by atoms with Gasteiger partial charge in [-0.3, -0.25) is 0 Å². The Morgan fingerprint density at radius 3 is 2.83 bits per heavy atom. The predicted octanol–water partition coefficient (Wildman–Crippen LogP) is 4.17. The molecule has 0 bridgehead atoms. The summed E-state index contributed by atoms with van der Waals surface area (Å²) in [5.74, 6) is 1.05. The van der Waals surface area contributed by atoms with Crippen LogP contribution in [0, 0.1) is 5.82 Å².